The van der Waals surface area contributed by atoms with Crippen LogP contribution >= 0.6 is 27.5 Å². The molecule has 3 rings (SSSR count). The maximum atomic E-state index is 9.40. The van der Waals surface area contributed by atoms with Crippen LogP contribution in [0.25, 0.3) is 10.9 Å². The monoisotopic (exact) mass is 372 g/mol. The maximum absolute atomic E-state index is 9.40. The molecule has 0 amide bonds. The Morgan fingerprint density at radius 3 is 3.05 bits per heavy atom. The Balaban J connectivity index is 2.10. The molecule has 0 bridgehead atoms. The van der Waals surface area contributed by atoms with Gasteiger partial charge in [-0.05, 0) is 46.8 Å². The highest BCUT2D eigenvalue weighted by molar-refractivity contribution is 9.10. The van der Waals surface area contributed by atoms with Gasteiger partial charge in [0, 0.05) is 34.0 Å². The predicted octanol–water partition coefficient (Wildman–Crippen LogP) is 4.25. The van der Waals surface area contributed by atoms with Gasteiger partial charge in [0.15, 0.2) is 6.23 Å². The van der Waals surface area contributed by atoms with Gasteiger partial charge >= 0.3 is 0 Å². The van der Waals surface area contributed by atoms with Gasteiger partial charge in [0.25, 0.3) is 0 Å². The molecule has 1 fully saturated rings. The third-order valence-corrected chi connectivity index (χ3v) is 5.19. The molecule has 0 spiro atoms. The summed E-state index contributed by atoms with van der Waals surface area (Å²) < 4.78 is 8.64. The average molecular weight is 374 g/mol. The second-order valence-corrected chi connectivity index (χ2v) is 6.71. The predicted molar refractivity (Wildman–Crippen MR) is 86.8 cm³/mol. The summed E-state index contributed by atoms with van der Waals surface area (Å²) in [4.78, 5) is 0. The molecule has 1 aromatic heterocycles. The van der Waals surface area contributed by atoms with E-state index in [0.717, 1.165) is 46.8 Å². The number of benzene rings is 1. The van der Waals surface area contributed by atoms with Crippen molar-refractivity contribution in [2.75, 3.05) is 13.2 Å². The zero-order valence-electron chi connectivity index (χ0n) is 11.9. The fraction of sp³-hybridized carbons (Fsp3) is 0.533. The van der Waals surface area contributed by atoms with Crippen molar-refractivity contribution in [3.8, 4) is 0 Å². The molecular formula is C15H18BrClN2O2. The van der Waals surface area contributed by atoms with Crippen LogP contribution in [0.3, 0.4) is 0 Å². The number of hydrogen-bond acceptors (Lipinski definition) is 3. The minimum atomic E-state index is -0.0226. The molecule has 21 heavy (non-hydrogen) atoms. The average Bonchev–Trinajstić information content (AvgIpc) is 2.91. The Kier molecular flexibility index (Phi) is 4.54. The number of fused-ring (bicyclic) bond motifs is 1. The molecule has 0 radical (unpaired) electrons. The van der Waals surface area contributed by atoms with Crippen LogP contribution in [-0.4, -0.2) is 28.1 Å². The van der Waals surface area contributed by atoms with Crippen LogP contribution < -0.4 is 0 Å². The van der Waals surface area contributed by atoms with Crippen LogP contribution in [0.2, 0.25) is 5.02 Å². The first-order valence-electron chi connectivity index (χ1n) is 7.21. The molecule has 1 aliphatic heterocycles. The van der Waals surface area contributed by atoms with Crippen molar-refractivity contribution in [1.82, 2.24) is 9.78 Å². The zero-order valence-corrected chi connectivity index (χ0v) is 14.2. The molecule has 114 valence electrons. The number of aromatic nitrogens is 2. The third kappa shape index (κ3) is 2.72. The molecule has 1 aromatic carbocycles. The normalized spacial score (nSPS) is 20.9. The fourth-order valence-electron chi connectivity index (χ4n) is 2.82. The Labute approximate surface area is 137 Å². The summed E-state index contributed by atoms with van der Waals surface area (Å²) in [5, 5.41) is 15.5. The van der Waals surface area contributed by atoms with E-state index in [-0.39, 0.29) is 18.8 Å². The lowest BCUT2D eigenvalue weighted by atomic mass is 10.0. The van der Waals surface area contributed by atoms with Gasteiger partial charge < -0.3 is 9.84 Å². The molecule has 4 nitrogen and oxygen atoms in total. The Morgan fingerprint density at radius 2 is 2.38 bits per heavy atom. The molecule has 1 N–H and O–H groups in total. The van der Waals surface area contributed by atoms with Gasteiger partial charge in [-0.2, -0.15) is 5.10 Å². The summed E-state index contributed by atoms with van der Waals surface area (Å²) in [6.45, 7) is 2.79. The Morgan fingerprint density at radius 1 is 1.57 bits per heavy atom. The van der Waals surface area contributed by atoms with E-state index in [0.29, 0.717) is 5.02 Å². The maximum Gasteiger partial charge on any atom is 0.150 e. The number of hydrogen-bond donors (Lipinski definition) is 1. The van der Waals surface area contributed by atoms with E-state index < -0.39 is 0 Å². The lowest BCUT2D eigenvalue weighted by Crippen LogP contribution is -2.19. The van der Waals surface area contributed by atoms with Crippen molar-refractivity contribution < 1.29 is 9.84 Å². The number of halogens is 2. The van der Waals surface area contributed by atoms with E-state index in [1.165, 1.54) is 0 Å². The number of aliphatic hydroxyl groups excluding tert-OH is 1. The van der Waals surface area contributed by atoms with Crippen LogP contribution in [0, 0.1) is 0 Å². The van der Waals surface area contributed by atoms with Gasteiger partial charge in [0.05, 0.1) is 11.7 Å². The van der Waals surface area contributed by atoms with Gasteiger partial charge in [-0.25, -0.2) is 4.68 Å². The van der Waals surface area contributed by atoms with Crippen LogP contribution in [0.4, 0.5) is 0 Å². The summed E-state index contributed by atoms with van der Waals surface area (Å²) in [5.41, 5.74) is 1.89. The minimum Gasteiger partial charge on any atom is -0.396 e. The quantitative estimate of drug-likeness (QED) is 0.875. The summed E-state index contributed by atoms with van der Waals surface area (Å²) >= 11 is 10.0. The lowest BCUT2D eigenvalue weighted by Gasteiger charge is -2.24. The molecule has 1 saturated heterocycles. The van der Waals surface area contributed by atoms with Crippen molar-refractivity contribution in [3.63, 3.8) is 0 Å². The van der Waals surface area contributed by atoms with Gasteiger partial charge in [-0.15, -0.1) is 0 Å². The number of rotatable bonds is 3. The molecule has 6 heteroatoms. The highest BCUT2D eigenvalue weighted by atomic mass is 79.9. The summed E-state index contributed by atoms with van der Waals surface area (Å²) in [6, 6.07) is 1.92. The summed E-state index contributed by atoms with van der Waals surface area (Å²) in [7, 11) is 0. The second kappa shape index (κ2) is 6.24. The molecule has 1 aliphatic rings. The number of ether oxygens (including phenoxy) is 1. The molecular weight excluding hydrogens is 356 g/mol. The lowest BCUT2D eigenvalue weighted by molar-refractivity contribution is -0.0366. The topological polar surface area (TPSA) is 47.3 Å². The Bertz CT molecular complexity index is 653. The highest BCUT2D eigenvalue weighted by Crippen LogP contribution is 2.39. The van der Waals surface area contributed by atoms with E-state index in [9.17, 15) is 5.11 Å². The van der Waals surface area contributed by atoms with E-state index >= 15 is 0 Å². The second-order valence-electron chi connectivity index (χ2n) is 5.51. The molecule has 0 aliphatic carbocycles. The van der Waals surface area contributed by atoms with Gasteiger partial charge in [-0.1, -0.05) is 18.5 Å². The Hall–Kier alpha value is -0.620. The third-order valence-electron chi connectivity index (χ3n) is 4.02. The van der Waals surface area contributed by atoms with Crippen molar-refractivity contribution >= 4 is 38.4 Å². The largest absolute Gasteiger partial charge is 0.396 e. The van der Waals surface area contributed by atoms with Crippen molar-refractivity contribution in [3.05, 3.63) is 27.3 Å². The summed E-state index contributed by atoms with van der Waals surface area (Å²) in [6.07, 6.45) is 5.06. The molecule has 0 saturated carbocycles. The van der Waals surface area contributed by atoms with Crippen LogP contribution in [0.5, 0.6) is 0 Å². The van der Waals surface area contributed by atoms with Gasteiger partial charge in [0.1, 0.15) is 0 Å². The van der Waals surface area contributed by atoms with Gasteiger partial charge in [0.2, 0.25) is 0 Å². The molecule has 2 heterocycles. The van der Waals surface area contributed by atoms with E-state index in [1.54, 1.807) is 0 Å². The van der Waals surface area contributed by atoms with E-state index in [2.05, 4.69) is 21.0 Å². The van der Waals surface area contributed by atoms with Crippen LogP contribution in [-0.2, 0) is 4.74 Å². The molecule has 2 unspecified atom stereocenters. The fourth-order valence-corrected chi connectivity index (χ4v) is 4.23. The highest BCUT2D eigenvalue weighted by Gasteiger charge is 2.22. The smallest absolute Gasteiger partial charge is 0.150 e. The first-order chi connectivity index (χ1) is 10.1. The summed E-state index contributed by atoms with van der Waals surface area (Å²) in [5.74, 6) is -0.0226. The molecule has 2 atom stereocenters. The van der Waals surface area contributed by atoms with Crippen molar-refractivity contribution in [2.24, 2.45) is 0 Å². The van der Waals surface area contributed by atoms with E-state index in [1.807, 2.05) is 23.9 Å². The first kappa shape index (κ1) is 15.3. The molecule has 2 aromatic rings. The van der Waals surface area contributed by atoms with Crippen LogP contribution in [0.1, 0.15) is 43.9 Å². The standard InChI is InChI=1S/C15H18BrClN2O2/c1-9(8-20)14-11(17)6-12-10(15(14)16)7-18-19(12)13-4-2-3-5-21-13/h6-7,9,13,20H,2-5,8H2,1H3. The minimum absolute atomic E-state index is 0.0136. The van der Waals surface area contributed by atoms with Crippen LogP contribution in [0.15, 0.2) is 16.7 Å². The van der Waals surface area contributed by atoms with Crippen molar-refractivity contribution in [1.29, 1.82) is 0 Å². The number of nitrogens with zero attached hydrogens (tertiary/aromatic N) is 2. The zero-order chi connectivity index (χ0) is 15.0. The number of aliphatic hydroxyl groups is 1. The van der Waals surface area contributed by atoms with Gasteiger partial charge in [-0.3, -0.25) is 0 Å². The SMILES string of the molecule is CC(CO)c1c(Cl)cc2c(cnn2C2CCCCO2)c1Br. The van der Waals surface area contributed by atoms with Crippen molar-refractivity contribution in [2.45, 2.75) is 38.3 Å². The first-order valence-corrected chi connectivity index (χ1v) is 8.38. The van der Waals surface area contributed by atoms with E-state index in [4.69, 9.17) is 16.3 Å².